The average Bonchev–Trinajstić information content (AvgIpc) is 2.73. The molecular weight excluding hydrogens is 417 g/mol. The Morgan fingerprint density at radius 2 is 1.87 bits per heavy atom. The third-order valence-electron chi connectivity index (χ3n) is 6.15. The van der Waals surface area contributed by atoms with Crippen LogP contribution >= 0.6 is 11.6 Å². The maximum atomic E-state index is 10.5. The van der Waals surface area contributed by atoms with E-state index < -0.39 is 42.3 Å². The van der Waals surface area contributed by atoms with Gasteiger partial charge >= 0.3 is 0 Å². The summed E-state index contributed by atoms with van der Waals surface area (Å²) < 4.78 is 11.1. The lowest BCUT2D eigenvalue weighted by Gasteiger charge is -2.40. The predicted octanol–water partition coefficient (Wildman–Crippen LogP) is 0.500. The molecule has 0 unspecified atom stereocenters. The van der Waals surface area contributed by atoms with Crippen molar-refractivity contribution >= 4 is 27.3 Å². The fourth-order valence-electron chi connectivity index (χ4n) is 4.39. The van der Waals surface area contributed by atoms with Crippen LogP contribution in [0.4, 0.5) is 0 Å². The average molecular weight is 440 g/mol. The van der Waals surface area contributed by atoms with Crippen LogP contribution in [0, 0.1) is 0 Å². The molecule has 2 aromatic carbocycles. The van der Waals surface area contributed by atoms with Crippen LogP contribution in [0.1, 0.15) is 33.9 Å². The van der Waals surface area contributed by atoms with Gasteiger partial charge in [-0.2, -0.15) is 0 Å². The molecule has 1 aliphatic heterocycles. The molecule has 1 heterocycles. The van der Waals surface area contributed by atoms with E-state index in [0.29, 0.717) is 29.2 Å². The molecule has 31 heavy (non-hydrogen) atoms. The lowest BCUT2D eigenvalue weighted by atomic mass is 9.42. The predicted molar refractivity (Wildman–Crippen MR) is 117 cm³/mol. The second-order valence-corrected chi connectivity index (χ2v) is 8.73. The molecule has 0 amide bonds. The summed E-state index contributed by atoms with van der Waals surface area (Å²) in [6.07, 6.45) is -5.28. The summed E-state index contributed by atoms with van der Waals surface area (Å²) in [5.74, 6) is 0.367. The lowest BCUT2D eigenvalue weighted by Crippen LogP contribution is -2.55. The highest BCUT2D eigenvalue weighted by molar-refractivity contribution is 6.41. The smallest absolute Gasteiger partial charge is 0.126 e. The fourth-order valence-corrected chi connectivity index (χ4v) is 4.61. The minimum Gasteiger partial charge on any atom is -0.496 e. The summed E-state index contributed by atoms with van der Waals surface area (Å²) in [5, 5.41) is 40.0. The maximum absolute atomic E-state index is 10.5. The van der Waals surface area contributed by atoms with Crippen molar-refractivity contribution in [1.82, 2.24) is 0 Å². The Morgan fingerprint density at radius 3 is 2.48 bits per heavy atom. The molecule has 5 atom stereocenters. The summed E-state index contributed by atoms with van der Waals surface area (Å²) in [7, 11) is 13.5. The minimum absolute atomic E-state index is 0.367. The molecule has 2 aliphatic rings. The van der Waals surface area contributed by atoms with E-state index in [1.54, 1.807) is 12.1 Å². The van der Waals surface area contributed by atoms with Crippen LogP contribution in [0.2, 0.25) is 5.02 Å². The fraction of sp³-hybridized carbons (Fsp3) is 0.455. The summed E-state index contributed by atoms with van der Waals surface area (Å²) >= 11 is 6.49. The van der Waals surface area contributed by atoms with E-state index in [0.717, 1.165) is 22.3 Å². The van der Waals surface area contributed by atoms with E-state index in [-0.39, 0.29) is 0 Å². The van der Waals surface area contributed by atoms with Crippen LogP contribution in [0.25, 0.3) is 0 Å². The highest BCUT2D eigenvalue weighted by Crippen LogP contribution is 2.41. The third kappa shape index (κ3) is 4.01. The third-order valence-corrected chi connectivity index (χ3v) is 6.50. The van der Waals surface area contributed by atoms with Crippen molar-refractivity contribution in [3.63, 3.8) is 0 Å². The number of benzene rings is 2. The molecule has 0 spiro atoms. The highest BCUT2D eigenvalue weighted by Gasteiger charge is 2.45. The largest absolute Gasteiger partial charge is 0.496 e. The van der Waals surface area contributed by atoms with Crippen molar-refractivity contribution in [1.29, 1.82) is 0 Å². The first-order valence-electron chi connectivity index (χ1n) is 10.0. The van der Waals surface area contributed by atoms with Gasteiger partial charge in [-0.05, 0) is 41.7 Å². The zero-order chi connectivity index (χ0) is 22.5. The van der Waals surface area contributed by atoms with Crippen LogP contribution in [0.15, 0.2) is 30.3 Å². The molecule has 9 heteroatoms. The number of fused-ring (bicyclic) bond motifs is 1. The number of hydrogen-bond donors (Lipinski definition) is 4. The minimum atomic E-state index is -1.49. The molecule has 0 bridgehead atoms. The summed E-state index contributed by atoms with van der Waals surface area (Å²) in [4.78, 5) is 0. The van der Waals surface area contributed by atoms with E-state index in [1.807, 2.05) is 18.2 Å². The maximum Gasteiger partial charge on any atom is 0.126 e. The Hall–Kier alpha value is -1.54. The van der Waals surface area contributed by atoms with Crippen LogP contribution in [0.3, 0.4) is 0 Å². The molecule has 0 saturated carbocycles. The molecule has 6 nitrogen and oxygen atoms in total. The summed E-state index contributed by atoms with van der Waals surface area (Å²) in [6.45, 7) is -0.511. The van der Waals surface area contributed by atoms with Gasteiger partial charge in [-0.25, -0.2) is 0 Å². The summed E-state index contributed by atoms with van der Waals surface area (Å²) in [6, 6.07) is 9.29. The van der Waals surface area contributed by atoms with Crippen molar-refractivity contribution in [2.45, 2.75) is 48.6 Å². The molecule has 4 N–H and O–H groups in total. The Morgan fingerprint density at radius 1 is 1.13 bits per heavy atom. The van der Waals surface area contributed by atoms with Crippen LogP contribution in [0.5, 0.6) is 5.75 Å². The molecule has 4 rings (SSSR count). The Kier molecular flexibility index (Phi) is 6.16. The molecule has 1 saturated heterocycles. The number of halogens is 1. The number of ether oxygens (including phenoxy) is 2. The highest BCUT2D eigenvalue weighted by atomic mass is 35.5. The van der Waals surface area contributed by atoms with Gasteiger partial charge in [0.15, 0.2) is 0 Å². The first kappa shape index (κ1) is 22.6. The Bertz CT molecular complexity index is 983. The lowest BCUT2D eigenvalue weighted by molar-refractivity contribution is -0.232. The number of hydrogen-bond acceptors (Lipinski definition) is 6. The molecule has 4 radical (unpaired) electrons. The van der Waals surface area contributed by atoms with Crippen LogP contribution in [-0.4, -0.2) is 74.3 Å². The van der Waals surface area contributed by atoms with Gasteiger partial charge in [-0.3, -0.25) is 0 Å². The number of aliphatic hydroxyl groups is 4. The second kappa shape index (κ2) is 8.43. The molecule has 0 aromatic heterocycles. The number of methoxy groups -OCH3 is 1. The normalized spacial score (nSPS) is 29.2. The zero-order valence-electron chi connectivity index (χ0n) is 17.0. The first-order chi connectivity index (χ1) is 14.7. The van der Waals surface area contributed by atoms with Crippen molar-refractivity contribution in [2.24, 2.45) is 0 Å². The van der Waals surface area contributed by atoms with Crippen molar-refractivity contribution in [3.8, 4) is 5.75 Å². The van der Waals surface area contributed by atoms with Gasteiger partial charge in [0.2, 0.25) is 0 Å². The van der Waals surface area contributed by atoms with Crippen molar-refractivity contribution in [2.75, 3.05) is 13.7 Å². The van der Waals surface area contributed by atoms with Crippen LogP contribution < -0.4 is 4.74 Å². The van der Waals surface area contributed by atoms with Gasteiger partial charge in [0.05, 0.1) is 29.4 Å². The second-order valence-electron chi connectivity index (χ2n) is 8.32. The van der Waals surface area contributed by atoms with E-state index in [9.17, 15) is 20.4 Å². The molecule has 1 aliphatic carbocycles. The van der Waals surface area contributed by atoms with Crippen molar-refractivity contribution < 1.29 is 29.9 Å². The van der Waals surface area contributed by atoms with Gasteiger partial charge in [0.25, 0.3) is 0 Å². The van der Waals surface area contributed by atoms with E-state index in [1.165, 1.54) is 7.11 Å². The van der Waals surface area contributed by atoms with E-state index in [2.05, 4.69) is 0 Å². The molecular formula is C22H23B2ClO6. The standard InChI is InChI=1S/C22H23B2ClO6/c1-30-16-7-15(25)11(4-10-2-3-14-12(5-10)8-22(14,23)24)6-13(16)21-20(29)19(28)18(27)17(9-26)31-21/h2-3,5-7,17-21,26-29H,4,8-9H2,1H3/t17-,18-,19+,20-,21+/m1/s1. The topological polar surface area (TPSA) is 99.4 Å². The SMILES string of the molecule is [B]C1([B])Cc2cc(Cc3cc([C@@H]4O[C@H](CO)[C@@H](O)[C@H](O)[C@H]4O)c(OC)cc3Cl)ccc21. The Balaban J connectivity index is 1.67. The van der Waals surface area contributed by atoms with Gasteiger partial charge in [0.1, 0.15) is 36.3 Å². The van der Waals surface area contributed by atoms with E-state index in [4.69, 9.17) is 36.8 Å². The van der Waals surface area contributed by atoms with Gasteiger partial charge in [-0.1, -0.05) is 40.6 Å². The molecule has 2 aromatic rings. The quantitative estimate of drug-likeness (QED) is 0.506. The van der Waals surface area contributed by atoms with E-state index >= 15 is 0 Å². The van der Waals surface area contributed by atoms with Crippen molar-refractivity contribution in [3.05, 3.63) is 63.2 Å². The first-order valence-corrected chi connectivity index (χ1v) is 10.4. The number of rotatable bonds is 5. The molecule has 160 valence electrons. The molecule has 1 fully saturated rings. The number of aliphatic hydroxyl groups excluding tert-OH is 4. The zero-order valence-corrected chi connectivity index (χ0v) is 17.8. The monoisotopic (exact) mass is 440 g/mol. The van der Waals surface area contributed by atoms with Gasteiger partial charge in [0, 0.05) is 10.6 Å². The Labute approximate surface area is 188 Å². The van der Waals surface area contributed by atoms with Crippen LogP contribution in [-0.2, 0) is 22.8 Å². The summed E-state index contributed by atoms with van der Waals surface area (Å²) in [5.41, 5.74) is 4.27. The van der Waals surface area contributed by atoms with Gasteiger partial charge < -0.3 is 29.9 Å². The van der Waals surface area contributed by atoms with Gasteiger partial charge in [-0.15, -0.1) is 0 Å².